The Bertz CT molecular complexity index is 535. The van der Waals surface area contributed by atoms with E-state index < -0.39 is 0 Å². The number of imidazole rings is 1. The van der Waals surface area contributed by atoms with Crippen LogP contribution in [0.3, 0.4) is 0 Å². The highest BCUT2D eigenvalue weighted by molar-refractivity contribution is 6.32. The summed E-state index contributed by atoms with van der Waals surface area (Å²) in [5.74, 6) is 1.57. The van der Waals surface area contributed by atoms with Crippen LogP contribution in [-0.4, -0.2) is 28.4 Å². The van der Waals surface area contributed by atoms with Crippen LogP contribution in [0.15, 0.2) is 24.3 Å². The third-order valence-corrected chi connectivity index (χ3v) is 3.11. The molecule has 1 aromatic carbocycles. The van der Waals surface area contributed by atoms with Crippen molar-refractivity contribution in [2.24, 2.45) is 7.05 Å². The van der Waals surface area contributed by atoms with E-state index >= 15 is 0 Å². The molecule has 0 aliphatic rings. The number of nitrogens with zero attached hydrogens (tertiary/aromatic N) is 2. The van der Waals surface area contributed by atoms with Crippen molar-refractivity contribution in [1.29, 1.82) is 0 Å². The van der Waals surface area contributed by atoms with Gasteiger partial charge in [-0.1, -0.05) is 11.6 Å². The maximum Gasteiger partial charge on any atom is 0.155 e. The van der Waals surface area contributed by atoms with Crippen molar-refractivity contribution in [2.45, 2.75) is 6.42 Å². The molecule has 0 saturated heterocycles. The van der Waals surface area contributed by atoms with Crippen molar-refractivity contribution < 1.29 is 9.84 Å². The van der Waals surface area contributed by atoms with Crippen LogP contribution in [0, 0.1) is 0 Å². The number of hydrogen-bond donors (Lipinski definition) is 1. The molecule has 0 bridgehead atoms. The molecule has 0 saturated carbocycles. The zero-order valence-electron chi connectivity index (χ0n) is 10.4. The van der Waals surface area contributed by atoms with E-state index in [0.717, 1.165) is 22.8 Å². The molecule has 1 aromatic heterocycles. The van der Waals surface area contributed by atoms with E-state index in [4.69, 9.17) is 21.4 Å². The summed E-state index contributed by atoms with van der Waals surface area (Å²) in [7, 11) is 3.52. The minimum absolute atomic E-state index is 0.0588. The molecule has 0 aliphatic heterocycles. The van der Waals surface area contributed by atoms with Crippen molar-refractivity contribution in [3.63, 3.8) is 0 Å². The minimum Gasteiger partial charge on any atom is -0.497 e. The first-order chi connectivity index (χ1) is 8.67. The molecule has 0 radical (unpaired) electrons. The summed E-state index contributed by atoms with van der Waals surface area (Å²) in [4.78, 5) is 4.26. The topological polar surface area (TPSA) is 47.3 Å². The monoisotopic (exact) mass is 266 g/mol. The van der Waals surface area contributed by atoms with Crippen LogP contribution in [0.4, 0.5) is 0 Å². The van der Waals surface area contributed by atoms with Crippen molar-refractivity contribution in [1.82, 2.24) is 9.55 Å². The lowest BCUT2D eigenvalue weighted by Gasteiger charge is -2.06. The summed E-state index contributed by atoms with van der Waals surface area (Å²) < 4.78 is 7.02. The molecule has 2 rings (SSSR count). The third-order valence-electron chi connectivity index (χ3n) is 2.84. The maximum atomic E-state index is 8.97. The van der Waals surface area contributed by atoms with Gasteiger partial charge in [0, 0.05) is 19.0 Å². The van der Waals surface area contributed by atoms with Crippen LogP contribution >= 0.6 is 11.6 Å². The predicted molar refractivity (Wildman–Crippen MR) is 71.0 cm³/mol. The zero-order valence-corrected chi connectivity index (χ0v) is 11.1. The number of halogens is 1. The van der Waals surface area contributed by atoms with Gasteiger partial charge >= 0.3 is 0 Å². The van der Waals surface area contributed by atoms with Crippen molar-refractivity contribution in [3.05, 3.63) is 35.2 Å². The predicted octanol–water partition coefficient (Wildman–Crippen LogP) is 2.28. The minimum atomic E-state index is 0.0588. The Morgan fingerprint density at radius 2 is 2.00 bits per heavy atom. The van der Waals surface area contributed by atoms with Crippen molar-refractivity contribution in [2.75, 3.05) is 13.7 Å². The van der Waals surface area contributed by atoms with Crippen LogP contribution in [-0.2, 0) is 13.5 Å². The van der Waals surface area contributed by atoms with Crippen molar-refractivity contribution >= 4 is 11.6 Å². The first-order valence-corrected chi connectivity index (χ1v) is 6.01. The number of aliphatic hydroxyl groups excluding tert-OH is 1. The van der Waals surface area contributed by atoms with E-state index in [0.29, 0.717) is 11.6 Å². The number of aromatic nitrogens is 2. The van der Waals surface area contributed by atoms with Gasteiger partial charge in [0.05, 0.1) is 19.4 Å². The molecule has 18 heavy (non-hydrogen) atoms. The summed E-state index contributed by atoms with van der Waals surface area (Å²) in [6.07, 6.45) is 0.492. The standard InChI is InChI=1S/C13H15ClN2O2/c1-16-11(7-8-17)15-13(14)12(16)9-3-5-10(18-2)6-4-9/h3-6,17H,7-8H2,1-2H3. The van der Waals surface area contributed by atoms with Gasteiger partial charge in [-0.3, -0.25) is 0 Å². The molecule has 0 atom stereocenters. The van der Waals surface area contributed by atoms with E-state index in [9.17, 15) is 0 Å². The maximum absolute atomic E-state index is 8.97. The molecule has 0 aliphatic carbocycles. The molecule has 0 spiro atoms. The lowest BCUT2D eigenvalue weighted by atomic mass is 10.1. The molecule has 5 heteroatoms. The fourth-order valence-corrected chi connectivity index (χ4v) is 2.23. The van der Waals surface area contributed by atoms with E-state index in [1.165, 1.54) is 0 Å². The lowest BCUT2D eigenvalue weighted by molar-refractivity contribution is 0.295. The van der Waals surface area contributed by atoms with Gasteiger partial charge in [0.15, 0.2) is 5.15 Å². The van der Waals surface area contributed by atoms with Gasteiger partial charge in [-0.2, -0.15) is 0 Å². The summed E-state index contributed by atoms with van der Waals surface area (Å²) in [6.45, 7) is 0.0588. The average molecular weight is 267 g/mol. The van der Waals surface area contributed by atoms with Gasteiger partial charge < -0.3 is 14.4 Å². The van der Waals surface area contributed by atoms with Gasteiger partial charge in [-0.05, 0) is 24.3 Å². The molecule has 96 valence electrons. The summed E-state index contributed by atoms with van der Waals surface area (Å²) in [6, 6.07) is 7.63. The molecule has 1 N–H and O–H groups in total. The fourth-order valence-electron chi connectivity index (χ4n) is 1.89. The van der Waals surface area contributed by atoms with Crippen molar-refractivity contribution in [3.8, 4) is 17.0 Å². The Morgan fingerprint density at radius 3 is 2.56 bits per heavy atom. The smallest absolute Gasteiger partial charge is 0.155 e. The van der Waals surface area contributed by atoms with E-state index in [1.807, 2.05) is 35.9 Å². The molecular weight excluding hydrogens is 252 g/mol. The zero-order chi connectivity index (χ0) is 13.1. The molecule has 1 heterocycles. The number of ether oxygens (including phenoxy) is 1. The normalized spacial score (nSPS) is 10.7. The van der Waals surface area contributed by atoms with Crippen LogP contribution in [0.25, 0.3) is 11.3 Å². The van der Waals surface area contributed by atoms with Gasteiger partial charge in [-0.25, -0.2) is 4.98 Å². The summed E-state index contributed by atoms with van der Waals surface area (Å²) in [5.41, 5.74) is 1.82. The Morgan fingerprint density at radius 1 is 1.33 bits per heavy atom. The first-order valence-electron chi connectivity index (χ1n) is 5.63. The van der Waals surface area contributed by atoms with Gasteiger partial charge in [0.25, 0.3) is 0 Å². The first kappa shape index (κ1) is 12.9. The number of rotatable bonds is 4. The molecule has 4 nitrogen and oxygen atoms in total. The highest BCUT2D eigenvalue weighted by atomic mass is 35.5. The van der Waals surface area contributed by atoms with Gasteiger partial charge in [0.2, 0.25) is 0 Å². The molecule has 0 unspecified atom stereocenters. The highest BCUT2D eigenvalue weighted by Crippen LogP contribution is 2.29. The Hall–Kier alpha value is -1.52. The molecular formula is C13H15ClN2O2. The number of hydrogen-bond acceptors (Lipinski definition) is 3. The number of aliphatic hydroxyl groups is 1. The quantitative estimate of drug-likeness (QED) is 0.924. The molecule has 0 amide bonds. The van der Waals surface area contributed by atoms with Crippen LogP contribution < -0.4 is 4.74 Å². The van der Waals surface area contributed by atoms with Crippen LogP contribution in [0.2, 0.25) is 5.15 Å². The summed E-state index contributed by atoms with van der Waals surface area (Å²) in [5, 5.41) is 9.42. The second kappa shape index (κ2) is 5.42. The van der Waals surface area contributed by atoms with E-state index in [1.54, 1.807) is 7.11 Å². The SMILES string of the molecule is COc1ccc(-c2c(Cl)nc(CCO)n2C)cc1. The second-order valence-corrected chi connectivity index (χ2v) is 4.29. The van der Waals surface area contributed by atoms with E-state index in [-0.39, 0.29) is 6.61 Å². The Labute approximate surface area is 111 Å². The largest absolute Gasteiger partial charge is 0.497 e. The lowest BCUT2D eigenvalue weighted by Crippen LogP contribution is -2.02. The molecule has 0 fully saturated rings. The van der Waals surface area contributed by atoms with E-state index in [2.05, 4.69) is 4.98 Å². The summed E-state index contributed by atoms with van der Waals surface area (Å²) >= 11 is 6.15. The highest BCUT2D eigenvalue weighted by Gasteiger charge is 2.14. The Balaban J connectivity index is 2.43. The third kappa shape index (κ3) is 2.35. The number of benzene rings is 1. The Kier molecular flexibility index (Phi) is 3.89. The fraction of sp³-hybridized carbons (Fsp3) is 0.308. The molecule has 2 aromatic rings. The average Bonchev–Trinajstić information content (AvgIpc) is 2.65. The van der Waals surface area contributed by atoms with Crippen LogP contribution in [0.5, 0.6) is 5.75 Å². The number of methoxy groups -OCH3 is 1. The van der Waals surface area contributed by atoms with Gasteiger partial charge in [-0.15, -0.1) is 0 Å². The van der Waals surface area contributed by atoms with Crippen LogP contribution in [0.1, 0.15) is 5.82 Å². The second-order valence-electron chi connectivity index (χ2n) is 3.93. The van der Waals surface area contributed by atoms with Gasteiger partial charge in [0.1, 0.15) is 11.6 Å².